The second-order valence-corrected chi connectivity index (χ2v) is 10.2. The number of rotatable bonds is 8. The van der Waals surface area contributed by atoms with E-state index in [-0.39, 0.29) is 29.2 Å². The second kappa shape index (κ2) is 11.7. The number of hydrogen-bond acceptors (Lipinski definition) is 6. The fraction of sp³-hybridized carbons (Fsp3) is 0.167. The van der Waals surface area contributed by atoms with Crippen LogP contribution in [-0.4, -0.2) is 42.8 Å². The summed E-state index contributed by atoms with van der Waals surface area (Å²) in [6.07, 6.45) is -0.341. The van der Waals surface area contributed by atoms with Gasteiger partial charge in [-0.3, -0.25) is 4.79 Å². The third kappa shape index (κ3) is 6.28. The Morgan fingerprint density at radius 1 is 1.05 bits per heavy atom. The van der Waals surface area contributed by atoms with Gasteiger partial charge in [0.05, 0.1) is 34.6 Å². The van der Waals surface area contributed by atoms with Crippen LogP contribution in [0.4, 0.5) is 18.9 Å². The zero-order valence-corrected chi connectivity index (χ0v) is 23.5. The minimum atomic E-state index is -4.78. The van der Waals surface area contributed by atoms with E-state index in [4.69, 9.17) is 16.3 Å². The highest BCUT2D eigenvalue weighted by Gasteiger charge is 2.35. The topological polar surface area (TPSA) is 110 Å². The molecule has 0 aliphatic heterocycles. The molecule has 3 heterocycles. The Balaban J connectivity index is 1.47. The Morgan fingerprint density at radius 2 is 1.84 bits per heavy atom. The van der Waals surface area contributed by atoms with Gasteiger partial charge in [-0.25, -0.2) is 19.4 Å². The summed E-state index contributed by atoms with van der Waals surface area (Å²) in [4.78, 5) is 35.0. The molecule has 0 unspecified atom stereocenters. The van der Waals surface area contributed by atoms with E-state index in [2.05, 4.69) is 15.1 Å². The maximum absolute atomic E-state index is 14.1. The highest BCUT2D eigenvalue weighted by atomic mass is 35.5. The molecule has 220 valence electrons. The maximum atomic E-state index is 14.1. The summed E-state index contributed by atoms with van der Waals surface area (Å²) in [5.74, 6) is -2.68. The molecule has 0 fully saturated rings. The van der Waals surface area contributed by atoms with Crippen LogP contribution in [0.5, 0.6) is 11.5 Å². The Kier molecular flexibility index (Phi) is 8.05. The Hall–Kier alpha value is -4.97. The molecule has 0 aliphatic rings. The first-order valence-electron chi connectivity index (χ1n) is 12.9. The van der Waals surface area contributed by atoms with Crippen LogP contribution < -0.4 is 9.64 Å². The average Bonchev–Trinajstić information content (AvgIpc) is 3.36. The highest BCUT2D eigenvalue weighted by Crippen LogP contribution is 2.40. The minimum absolute atomic E-state index is 0.0167. The molecule has 0 saturated heterocycles. The van der Waals surface area contributed by atoms with Crippen molar-refractivity contribution in [2.45, 2.75) is 32.6 Å². The minimum Gasteiger partial charge on any atom is -0.478 e. The summed E-state index contributed by atoms with van der Waals surface area (Å²) in [6, 6.07) is 13.2. The molecule has 2 aromatic carbocycles. The molecule has 13 heteroatoms. The molecule has 0 atom stereocenters. The lowest BCUT2D eigenvalue weighted by molar-refractivity contribution is -0.138. The predicted molar refractivity (Wildman–Crippen MR) is 153 cm³/mol. The zero-order valence-electron chi connectivity index (χ0n) is 22.7. The molecule has 0 aliphatic carbocycles. The molecule has 3 aromatic heterocycles. The van der Waals surface area contributed by atoms with Crippen LogP contribution in [-0.2, 0) is 12.7 Å². The fourth-order valence-corrected chi connectivity index (χ4v) is 4.63. The van der Waals surface area contributed by atoms with E-state index in [0.717, 1.165) is 17.5 Å². The number of pyridine rings is 2. The maximum Gasteiger partial charge on any atom is 0.419 e. The first kappa shape index (κ1) is 29.5. The van der Waals surface area contributed by atoms with Crippen molar-refractivity contribution < 1.29 is 32.6 Å². The number of benzene rings is 2. The molecule has 0 bridgehead atoms. The summed E-state index contributed by atoms with van der Waals surface area (Å²) < 4.78 is 49.5. The molecule has 5 aromatic rings. The van der Waals surface area contributed by atoms with Crippen LogP contribution in [0.15, 0.2) is 79.3 Å². The number of anilines is 1. The zero-order chi connectivity index (χ0) is 30.9. The van der Waals surface area contributed by atoms with Gasteiger partial charge in [0.2, 0.25) is 0 Å². The SMILES string of the molecule is CC(C)N(C(=O)c1ccc(Cl)cn1)c1ccc(Oc2ccc(Cn3ncc4cccnc43)cc2C(F)(F)F)cc1C(=O)O. The van der Waals surface area contributed by atoms with Crippen LogP contribution >= 0.6 is 11.6 Å². The van der Waals surface area contributed by atoms with Crippen LogP contribution in [0, 0.1) is 0 Å². The number of carboxylic acids is 1. The van der Waals surface area contributed by atoms with Gasteiger partial charge in [0.1, 0.15) is 17.2 Å². The number of amides is 1. The molecule has 43 heavy (non-hydrogen) atoms. The van der Waals surface area contributed by atoms with Crippen molar-refractivity contribution in [1.29, 1.82) is 0 Å². The quantitative estimate of drug-likeness (QED) is 0.200. The number of halogens is 4. The van der Waals surface area contributed by atoms with Gasteiger partial charge < -0.3 is 14.7 Å². The fourth-order valence-electron chi connectivity index (χ4n) is 4.52. The van der Waals surface area contributed by atoms with Crippen molar-refractivity contribution >= 4 is 40.2 Å². The highest BCUT2D eigenvalue weighted by molar-refractivity contribution is 6.30. The van der Waals surface area contributed by atoms with Crippen LogP contribution in [0.25, 0.3) is 11.0 Å². The van der Waals surface area contributed by atoms with Gasteiger partial charge in [-0.1, -0.05) is 17.7 Å². The van der Waals surface area contributed by atoms with Crippen molar-refractivity contribution in [3.05, 3.63) is 107 Å². The monoisotopic (exact) mass is 609 g/mol. The number of aromatic carboxylic acids is 1. The third-order valence-corrected chi connectivity index (χ3v) is 6.67. The number of carboxylic acid groups (broad SMARTS) is 1. The third-order valence-electron chi connectivity index (χ3n) is 6.45. The van der Waals surface area contributed by atoms with Gasteiger partial charge >= 0.3 is 12.1 Å². The number of nitrogens with zero attached hydrogens (tertiary/aromatic N) is 5. The van der Waals surface area contributed by atoms with Crippen molar-refractivity contribution in [1.82, 2.24) is 19.7 Å². The van der Waals surface area contributed by atoms with Gasteiger partial charge in [-0.15, -0.1) is 0 Å². The second-order valence-electron chi connectivity index (χ2n) is 9.76. The first-order chi connectivity index (χ1) is 20.4. The summed E-state index contributed by atoms with van der Waals surface area (Å²) in [6.45, 7) is 3.40. The largest absolute Gasteiger partial charge is 0.478 e. The lowest BCUT2D eigenvalue weighted by atomic mass is 10.1. The van der Waals surface area contributed by atoms with E-state index < -0.39 is 35.4 Å². The number of alkyl halides is 3. The standard InChI is InChI=1S/C30H23ClF3N5O4/c1-17(2)39(28(40)24-8-6-20(31)15-36-24)25-9-7-21(13-22(25)29(41)42)43-26-10-5-18(12-23(26)30(32,33)34)16-38-27-19(14-37-38)4-3-11-35-27/h3-15,17H,16H2,1-2H3,(H,41,42). The summed E-state index contributed by atoms with van der Waals surface area (Å²) >= 11 is 5.87. The molecule has 1 amide bonds. The van der Waals surface area contributed by atoms with Gasteiger partial charge in [0.15, 0.2) is 5.65 Å². The van der Waals surface area contributed by atoms with Crippen LogP contribution in [0.1, 0.15) is 45.8 Å². The van der Waals surface area contributed by atoms with Crippen molar-refractivity contribution in [3.8, 4) is 11.5 Å². The summed E-state index contributed by atoms with van der Waals surface area (Å²) in [5, 5.41) is 15.3. The summed E-state index contributed by atoms with van der Waals surface area (Å²) in [5.41, 5.74) is -0.524. The van der Waals surface area contributed by atoms with Crippen molar-refractivity contribution in [2.24, 2.45) is 0 Å². The molecule has 0 spiro atoms. The van der Waals surface area contributed by atoms with Crippen LogP contribution in [0.3, 0.4) is 0 Å². The van der Waals surface area contributed by atoms with E-state index in [1.807, 2.05) is 0 Å². The van der Waals surface area contributed by atoms with Crippen molar-refractivity contribution in [2.75, 3.05) is 4.90 Å². The normalized spacial score (nSPS) is 11.6. The van der Waals surface area contributed by atoms with Crippen LogP contribution in [0.2, 0.25) is 5.02 Å². The van der Waals surface area contributed by atoms with Gasteiger partial charge in [0.25, 0.3) is 5.91 Å². The molecule has 9 nitrogen and oxygen atoms in total. The number of ether oxygens (including phenoxy) is 1. The Morgan fingerprint density at radius 3 is 2.51 bits per heavy atom. The number of aromatic nitrogens is 4. The Labute approximate surface area is 248 Å². The van der Waals surface area contributed by atoms with Gasteiger partial charge in [-0.05, 0) is 74.0 Å². The van der Waals surface area contributed by atoms with E-state index in [1.54, 1.807) is 38.4 Å². The molecule has 5 rings (SSSR count). The van der Waals surface area contributed by atoms with E-state index in [9.17, 15) is 27.9 Å². The lowest BCUT2D eigenvalue weighted by Crippen LogP contribution is -2.38. The van der Waals surface area contributed by atoms with E-state index >= 15 is 0 Å². The van der Waals surface area contributed by atoms with E-state index in [0.29, 0.717) is 16.2 Å². The molecule has 1 N–H and O–H groups in total. The molecular formula is C30H23ClF3N5O4. The number of hydrogen-bond donors (Lipinski definition) is 1. The van der Waals surface area contributed by atoms with E-state index in [1.165, 1.54) is 52.2 Å². The predicted octanol–water partition coefficient (Wildman–Crippen LogP) is 7.09. The van der Waals surface area contributed by atoms with Crippen molar-refractivity contribution in [3.63, 3.8) is 0 Å². The summed E-state index contributed by atoms with van der Waals surface area (Å²) in [7, 11) is 0. The molecular weight excluding hydrogens is 587 g/mol. The molecule has 0 saturated carbocycles. The van der Waals surface area contributed by atoms with Gasteiger partial charge in [0, 0.05) is 23.8 Å². The lowest BCUT2D eigenvalue weighted by Gasteiger charge is -2.28. The Bertz CT molecular complexity index is 1820. The number of carbonyl (C=O) groups excluding carboxylic acids is 1. The average molecular weight is 610 g/mol. The molecule has 0 radical (unpaired) electrons. The number of carbonyl (C=O) groups is 2. The van der Waals surface area contributed by atoms with Gasteiger partial charge in [-0.2, -0.15) is 18.3 Å². The first-order valence-corrected chi connectivity index (χ1v) is 13.3. The smallest absolute Gasteiger partial charge is 0.419 e. The number of fused-ring (bicyclic) bond motifs is 1.